The van der Waals surface area contributed by atoms with E-state index in [4.69, 9.17) is 4.74 Å². The van der Waals surface area contributed by atoms with Crippen LogP contribution in [0.2, 0.25) is 0 Å². The number of amides is 1. The fraction of sp³-hybridized carbons (Fsp3) is 0.562. The van der Waals surface area contributed by atoms with E-state index in [0.717, 1.165) is 32.2 Å². The molecule has 108 valence electrons. The number of carbonyl (C=O) groups is 1. The fourth-order valence-corrected chi connectivity index (χ4v) is 3.19. The van der Waals surface area contributed by atoms with Crippen molar-refractivity contribution in [2.75, 3.05) is 19.8 Å². The first-order valence-corrected chi connectivity index (χ1v) is 7.49. The fourth-order valence-electron chi connectivity index (χ4n) is 3.19. The summed E-state index contributed by atoms with van der Waals surface area (Å²) in [6.45, 7) is 2.35. The van der Waals surface area contributed by atoms with Gasteiger partial charge in [0.25, 0.3) is 0 Å². The minimum Gasteiger partial charge on any atom is -0.381 e. The van der Waals surface area contributed by atoms with Crippen LogP contribution >= 0.6 is 0 Å². The minimum atomic E-state index is -0.263. The summed E-state index contributed by atoms with van der Waals surface area (Å²) in [7, 11) is 0. The Kier molecular flexibility index (Phi) is 4.03. The second-order valence-corrected chi connectivity index (χ2v) is 5.70. The summed E-state index contributed by atoms with van der Waals surface area (Å²) < 4.78 is 5.49. The van der Waals surface area contributed by atoms with Crippen molar-refractivity contribution < 1.29 is 9.53 Å². The van der Waals surface area contributed by atoms with Gasteiger partial charge < -0.3 is 15.4 Å². The zero-order valence-corrected chi connectivity index (χ0v) is 11.7. The SMILES string of the molecule is O=C(NC1(c2ccccc2)CCOCC1)C1CCCN1. The van der Waals surface area contributed by atoms with Crippen LogP contribution in [0, 0.1) is 0 Å². The van der Waals surface area contributed by atoms with Crippen molar-refractivity contribution in [3.63, 3.8) is 0 Å². The van der Waals surface area contributed by atoms with Gasteiger partial charge in [-0.05, 0) is 37.8 Å². The molecule has 0 saturated carbocycles. The average molecular weight is 274 g/mol. The van der Waals surface area contributed by atoms with Gasteiger partial charge in [0, 0.05) is 13.2 Å². The van der Waals surface area contributed by atoms with Crippen LogP contribution in [0.1, 0.15) is 31.2 Å². The molecule has 0 radical (unpaired) electrons. The first kappa shape index (κ1) is 13.6. The van der Waals surface area contributed by atoms with Crippen LogP contribution in [0.4, 0.5) is 0 Å². The van der Waals surface area contributed by atoms with E-state index in [2.05, 4.69) is 22.8 Å². The predicted molar refractivity (Wildman–Crippen MR) is 77.3 cm³/mol. The molecule has 2 fully saturated rings. The largest absolute Gasteiger partial charge is 0.381 e. The van der Waals surface area contributed by atoms with Crippen molar-refractivity contribution in [2.45, 2.75) is 37.3 Å². The number of hydrogen-bond donors (Lipinski definition) is 2. The summed E-state index contributed by atoms with van der Waals surface area (Å²) >= 11 is 0. The van der Waals surface area contributed by atoms with Gasteiger partial charge in [-0.2, -0.15) is 0 Å². The summed E-state index contributed by atoms with van der Waals surface area (Å²) in [6, 6.07) is 10.3. The van der Waals surface area contributed by atoms with Gasteiger partial charge >= 0.3 is 0 Å². The van der Waals surface area contributed by atoms with Gasteiger partial charge in [-0.3, -0.25) is 4.79 Å². The Morgan fingerprint density at radius 3 is 2.65 bits per heavy atom. The molecule has 0 spiro atoms. The highest BCUT2D eigenvalue weighted by Crippen LogP contribution is 2.32. The minimum absolute atomic E-state index is 0.0292. The molecule has 2 N–H and O–H groups in total. The lowest BCUT2D eigenvalue weighted by Gasteiger charge is -2.39. The smallest absolute Gasteiger partial charge is 0.237 e. The number of benzene rings is 1. The maximum atomic E-state index is 12.5. The molecule has 2 aliphatic rings. The first-order valence-electron chi connectivity index (χ1n) is 7.49. The summed E-state index contributed by atoms with van der Waals surface area (Å²) in [5.41, 5.74) is 0.926. The van der Waals surface area contributed by atoms with Crippen molar-refractivity contribution in [1.29, 1.82) is 0 Å². The van der Waals surface area contributed by atoms with E-state index >= 15 is 0 Å². The Balaban J connectivity index is 1.80. The van der Waals surface area contributed by atoms with Crippen molar-refractivity contribution in [3.05, 3.63) is 35.9 Å². The van der Waals surface area contributed by atoms with E-state index < -0.39 is 0 Å². The lowest BCUT2D eigenvalue weighted by Crippen LogP contribution is -2.54. The van der Waals surface area contributed by atoms with E-state index in [1.54, 1.807) is 0 Å². The second-order valence-electron chi connectivity index (χ2n) is 5.70. The lowest BCUT2D eigenvalue weighted by atomic mass is 9.82. The average Bonchev–Trinajstić information content (AvgIpc) is 3.03. The molecule has 1 aromatic rings. The van der Waals surface area contributed by atoms with Crippen molar-refractivity contribution in [3.8, 4) is 0 Å². The van der Waals surface area contributed by atoms with Gasteiger partial charge in [0.1, 0.15) is 0 Å². The quantitative estimate of drug-likeness (QED) is 0.879. The molecule has 4 heteroatoms. The number of nitrogens with one attached hydrogen (secondary N) is 2. The zero-order valence-electron chi connectivity index (χ0n) is 11.7. The summed E-state index contributed by atoms with van der Waals surface area (Å²) in [5.74, 6) is 0.133. The van der Waals surface area contributed by atoms with Gasteiger partial charge in [-0.1, -0.05) is 30.3 Å². The molecule has 0 aromatic heterocycles. The second kappa shape index (κ2) is 5.94. The Morgan fingerprint density at radius 2 is 2.00 bits per heavy atom. The number of hydrogen-bond acceptors (Lipinski definition) is 3. The Labute approximate surface area is 119 Å². The van der Waals surface area contributed by atoms with Crippen LogP contribution < -0.4 is 10.6 Å². The highest BCUT2D eigenvalue weighted by Gasteiger charge is 2.37. The van der Waals surface area contributed by atoms with Crippen LogP contribution in [-0.2, 0) is 15.1 Å². The van der Waals surface area contributed by atoms with Crippen LogP contribution in [0.25, 0.3) is 0 Å². The Bertz CT molecular complexity index is 449. The van der Waals surface area contributed by atoms with E-state index in [9.17, 15) is 4.79 Å². The van der Waals surface area contributed by atoms with Crippen molar-refractivity contribution in [2.24, 2.45) is 0 Å². The third-order valence-corrected chi connectivity index (χ3v) is 4.41. The van der Waals surface area contributed by atoms with Gasteiger partial charge in [0.2, 0.25) is 5.91 Å². The molecule has 0 bridgehead atoms. The number of ether oxygens (including phenoxy) is 1. The number of carbonyl (C=O) groups excluding carboxylic acids is 1. The lowest BCUT2D eigenvalue weighted by molar-refractivity contribution is -0.126. The van der Waals surface area contributed by atoms with Crippen LogP contribution in [0.3, 0.4) is 0 Å². The molecule has 3 rings (SSSR count). The van der Waals surface area contributed by atoms with E-state index in [1.165, 1.54) is 5.56 Å². The third kappa shape index (κ3) is 2.72. The molecular weight excluding hydrogens is 252 g/mol. The van der Waals surface area contributed by atoms with Gasteiger partial charge in [0.05, 0.1) is 11.6 Å². The number of rotatable bonds is 3. The highest BCUT2D eigenvalue weighted by molar-refractivity contribution is 5.83. The highest BCUT2D eigenvalue weighted by atomic mass is 16.5. The molecule has 0 aliphatic carbocycles. The van der Waals surface area contributed by atoms with Gasteiger partial charge in [-0.15, -0.1) is 0 Å². The Hall–Kier alpha value is -1.39. The molecule has 2 aliphatic heterocycles. The van der Waals surface area contributed by atoms with E-state index in [0.29, 0.717) is 13.2 Å². The third-order valence-electron chi connectivity index (χ3n) is 4.41. The van der Waals surface area contributed by atoms with Crippen molar-refractivity contribution >= 4 is 5.91 Å². The topological polar surface area (TPSA) is 50.4 Å². The predicted octanol–water partition coefficient (Wildman–Crippen LogP) is 1.56. The van der Waals surface area contributed by atoms with E-state index in [-0.39, 0.29) is 17.5 Å². The Morgan fingerprint density at radius 1 is 1.25 bits per heavy atom. The molecule has 4 nitrogen and oxygen atoms in total. The molecule has 2 saturated heterocycles. The van der Waals surface area contributed by atoms with Crippen LogP contribution in [-0.4, -0.2) is 31.7 Å². The van der Waals surface area contributed by atoms with Crippen LogP contribution in [0.5, 0.6) is 0 Å². The maximum Gasteiger partial charge on any atom is 0.237 e. The summed E-state index contributed by atoms with van der Waals surface area (Å²) in [6.07, 6.45) is 3.71. The first-order chi connectivity index (χ1) is 9.80. The molecule has 1 amide bonds. The van der Waals surface area contributed by atoms with Gasteiger partial charge in [0.15, 0.2) is 0 Å². The maximum absolute atomic E-state index is 12.5. The summed E-state index contributed by atoms with van der Waals surface area (Å²) in [4.78, 5) is 12.5. The molecular formula is C16H22N2O2. The molecule has 1 aromatic carbocycles. The molecule has 1 unspecified atom stereocenters. The normalized spacial score (nSPS) is 25.3. The molecule has 2 heterocycles. The van der Waals surface area contributed by atoms with E-state index in [1.807, 2.05) is 18.2 Å². The summed E-state index contributed by atoms with van der Waals surface area (Å²) in [5, 5.41) is 6.58. The molecule has 20 heavy (non-hydrogen) atoms. The van der Waals surface area contributed by atoms with Gasteiger partial charge in [-0.25, -0.2) is 0 Å². The standard InChI is InChI=1S/C16H22N2O2/c19-15(14-7-4-10-17-14)18-16(8-11-20-12-9-16)13-5-2-1-3-6-13/h1-3,5-6,14,17H,4,7-12H2,(H,18,19). The zero-order chi connectivity index (χ0) is 13.8. The monoisotopic (exact) mass is 274 g/mol. The van der Waals surface area contributed by atoms with Crippen molar-refractivity contribution in [1.82, 2.24) is 10.6 Å². The molecule has 1 atom stereocenters. The van der Waals surface area contributed by atoms with Crippen LogP contribution in [0.15, 0.2) is 30.3 Å².